The highest BCUT2D eigenvalue weighted by molar-refractivity contribution is 7.39. The van der Waals surface area contributed by atoms with Gasteiger partial charge in [-0.25, -0.2) is 0 Å². The Bertz CT molecular complexity index is 936. The van der Waals surface area contributed by atoms with Crippen LogP contribution in [0, 0.1) is 5.92 Å². The van der Waals surface area contributed by atoms with Crippen molar-refractivity contribution in [2.75, 3.05) is 6.54 Å². The highest BCUT2D eigenvalue weighted by atomic mass is 32.1. The number of carbonyl (C=O) groups is 1. The van der Waals surface area contributed by atoms with Crippen molar-refractivity contribution in [1.29, 1.82) is 0 Å². The quantitative estimate of drug-likeness (QED) is 0.345. The van der Waals surface area contributed by atoms with Crippen molar-refractivity contribution in [3.8, 4) is 11.1 Å². The molecule has 1 unspecified atom stereocenters. The van der Waals surface area contributed by atoms with Crippen LogP contribution in [0.4, 0.5) is 0 Å². The Morgan fingerprint density at radius 2 is 2.00 bits per heavy atom. The Labute approximate surface area is 182 Å². The monoisotopic (exact) mass is 442 g/mol. The molecule has 0 spiro atoms. The molecule has 0 saturated heterocycles. The van der Waals surface area contributed by atoms with Gasteiger partial charge in [-0.1, -0.05) is 48.9 Å². The highest BCUT2D eigenvalue weighted by Gasteiger charge is 2.24. The molecule has 1 aromatic carbocycles. The molecule has 2 heterocycles. The molecule has 2 aromatic heterocycles. The van der Waals surface area contributed by atoms with Crippen LogP contribution in [0.25, 0.3) is 11.1 Å². The summed E-state index contributed by atoms with van der Waals surface area (Å²) in [5.41, 5.74) is 3.41. The number of aryl methyl sites for hydroxylation is 1. The van der Waals surface area contributed by atoms with Gasteiger partial charge >= 0.3 is 0 Å². The van der Waals surface area contributed by atoms with Crippen LogP contribution in [-0.2, 0) is 17.4 Å². The number of benzene rings is 1. The molecule has 0 fully saturated rings. The predicted octanol–water partition coefficient (Wildman–Crippen LogP) is 5.22. The second kappa shape index (κ2) is 11.2. The highest BCUT2D eigenvalue weighted by Crippen LogP contribution is 2.27. The first-order valence-electron chi connectivity index (χ1n) is 10.1. The molecule has 0 aliphatic carbocycles. The maximum atomic E-state index is 12.6. The van der Waals surface area contributed by atoms with Gasteiger partial charge in [0.1, 0.15) is 0 Å². The minimum atomic E-state index is -1.79. The third-order valence-electron chi connectivity index (χ3n) is 4.77. The van der Waals surface area contributed by atoms with E-state index < -0.39 is 14.0 Å². The summed E-state index contributed by atoms with van der Waals surface area (Å²) in [6.07, 6.45) is 5.51. The first-order valence-corrected chi connectivity index (χ1v) is 12.4. The van der Waals surface area contributed by atoms with Gasteiger partial charge in [0, 0.05) is 12.1 Å². The van der Waals surface area contributed by atoms with Gasteiger partial charge in [-0.3, -0.25) is 4.79 Å². The summed E-state index contributed by atoms with van der Waals surface area (Å²) in [4.78, 5) is 26.0. The molecule has 0 bridgehead atoms. The number of nitrogens with one attached hydrogen (secondary N) is 1. The van der Waals surface area contributed by atoms with Crippen molar-refractivity contribution in [2.45, 2.75) is 38.9 Å². The number of hydrogen-bond donors (Lipinski definition) is 1. The van der Waals surface area contributed by atoms with Crippen LogP contribution in [0.2, 0.25) is 0 Å². The molecule has 0 saturated carbocycles. The number of hydrogen-bond acceptors (Lipinski definition) is 5. The Kier molecular flexibility index (Phi) is 8.38. The third kappa shape index (κ3) is 6.63. The van der Waals surface area contributed by atoms with Gasteiger partial charge in [0.15, 0.2) is 20.1 Å². The number of carbonyl (C=O) groups excluding carboxylic acids is 1. The van der Waals surface area contributed by atoms with E-state index in [0.29, 0.717) is 12.7 Å². The van der Waals surface area contributed by atoms with E-state index >= 15 is 0 Å². The zero-order valence-corrected chi connectivity index (χ0v) is 19.0. The fourth-order valence-corrected chi connectivity index (χ4v) is 5.33. The molecule has 2 atom stereocenters. The van der Waals surface area contributed by atoms with Gasteiger partial charge in [-0.2, -0.15) is 0 Å². The maximum Gasteiger partial charge on any atom is 0.249 e. The van der Waals surface area contributed by atoms with Gasteiger partial charge in [0.05, 0.1) is 17.4 Å². The van der Waals surface area contributed by atoms with E-state index in [9.17, 15) is 9.69 Å². The van der Waals surface area contributed by atoms with Crippen LogP contribution in [0.15, 0.2) is 69.5 Å². The summed E-state index contributed by atoms with van der Waals surface area (Å²) in [5.74, 6) is -0.141. The maximum absolute atomic E-state index is 12.6. The first-order chi connectivity index (χ1) is 14.5. The summed E-state index contributed by atoms with van der Waals surface area (Å²) in [6, 6.07) is 13.6. The summed E-state index contributed by atoms with van der Waals surface area (Å²) >= 11 is 1.56. The zero-order valence-electron chi connectivity index (χ0n) is 17.3. The number of thiophene rings is 1. The van der Waals surface area contributed by atoms with E-state index in [4.69, 9.17) is 4.42 Å². The largest absolute Gasteiger partial charge is 0.612 e. The van der Waals surface area contributed by atoms with E-state index in [1.807, 2.05) is 37.4 Å². The summed E-state index contributed by atoms with van der Waals surface area (Å²) in [5, 5.41) is 4.92. The average molecular weight is 443 g/mol. The van der Waals surface area contributed by atoms with Gasteiger partial charge in [-0.15, -0.1) is 11.3 Å². The number of nitrogens with zero attached hydrogens (tertiary/aromatic N) is 1. The van der Waals surface area contributed by atoms with Crippen molar-refractivity contribution < 1.29 is 14.1 Å². The van der Waals surface area contributed by atoms with Gasteiger partial charge in [0.25, 0.3) is 0 Å². The topological polar surface area (TPSA) is 77.7 Å². The van der Waals surface area contributed by atoms with Crippen molar-refractivity contribution in [2.24, 2.45) is 10.7 Å². The smallest absolute Gasteiger partial charge is 0.249 e. The lowest BCUT2D eigenvalue weighted by Crippen LogP contribution is -2.37. The standard InChI is InChI=1S/C23H27N2O3PS/c1-17(2)22(25-29(27)16-21-6-4-14-30-21)23(26)24-12-3-5-18-7-9-19(10-8-18)20-11-13-28-15-20/h4,6-11,13-15,17,22H,3,5,12,16H2,1-2H3,(H,24,26)/t22-/m0/s1. The van der Waals surface area contributed by atoms with E-state index in [0.717, 1.165) is 28.8 Å². The number of furan rings is 1. The van der Waals surface area contributed by atoms with Gasteiger partial charge < -0.3 is 14.6 Å². The summed E-state index contributed by atoms with van der Waals surface area (Å²) in [7, 11) is -1.79. The Balaban J connectivity index is 1.46. The fraction of sp³-hybridized carbons (Fsp3) is 0.348. The van der Waals surface area contributed by atoms with Crippen LogP contribution in [0.3, 0.4) is 0 Å². The second-order valence-corrected chi connectivity index (χ2v) is 9.78. The van der Waals surface area contributed by atoms with Crippen molar-refractivity contribution in [3.63, 3.8) is 0 Å². The Morgan fingerprint density at radius 1 is 1.20 bits per heavy atom. The van der Waals surface area contributed by atoms with Crippen LogP contribution >= 0.6 is 19.3 Å². The minimum absolute atomic E-state index is 0.00255. The van der Waals surface area contributed by atoms with E-state index in [2.05, 4.69) is 34.3 Å². The lowest BCUT2D eigenvalue weighted by molar-refractivity contribution is -0.156. The summed E-state index contributed by atoms with van der Waals surface area (Å²) < 4.78 is 9.44. The number of amides is 1. The first kappa shape index (κ1) is 22.4. The van der Waals surface area contributed by atoms with E-state index in [1.165, 1.54) is 5.56 Å². The zero-order chi connectivity index (χ0) is 21.3. The fourth-order valence-electron chi connectivity index (χ4n) is 3.11. The Morgan fingerprint density at radius 3 is 2.63 bits per heavy atom. The molecule has 0 aliphatic rings. The summed E-state index contributed by atoms with van der Waals surface area (Å²) in [6.45, 7) is 4.44. The van der Waals surface area contributed by atoms with E-state index in [1.54, 1.807) is 23.9 Å². The molecule has 0 radical (unpaired) electrons. The van der Waals surface area contributed by atoms with E-state index in [-0.39, 0.29) is 11.8 Å². The minimum Gasteiger partial charge on any atom is -0.612 e. The molecule has 3 rings (SSSR count). The van der Waals surface area contributed by atoms with Crippen LogP contribution < -0.4 is 10.2 Å². The molecule has 1 amide bonds. The molecule has 30 heavy (non-hydrogen) atoms. The van der Waals surface area contributed by atoms with Crippen LogP contribution in [0.5, 0.6) is 0 Å². The van der Waals surface area contributed by atoms with Crippen molar-refractivity contribution in [1.82, 2.24) is 5.32 Å². The molecule has 0 aliphatic heterocycles. The number of rotatable bonds is 10. The normalized spacial score (nSPS) is 12.9. The molecular weight excluding hydrogens is 415 g/mol. The molecule has 158 valence electrons. The molecule has 7 heteroatoms. The lowest BCUT2D eigenvalue weighted by atomic mass is 10.0. The molecule has 5 nitrogen and oxygen atoms in total. The lowest BCUT2D eigenvalue weighted by Gasteiger charge is -2.14. The Hall–Kier alpha value is -2.27. The van der Waals surface area contributed by atoms with Gasteiger partial charge in [0.2, 0.25) is 5.91 Å². The molecule has 3 aromatic rings. The molecule has 1 N–H and O–H groups in total. The van der Waals surface area contributed by atoms with Crippen molar-refractivity contribution >= 4 is 25.2 Å². The third-order valence-corrected chi connectivity index (χ3v) is 6.98. The average Bonchev–Trinajstić information content (AvgIpc) is 3.44. The van der Waals surface area contributed by atoms with Crippen LogP contribution in [0.1, 0.15) is 30.7 Å². The van der Waals surface area contributed by atoms with Crippen LogP contribution in [-0.4, -0.2) is 18.5 Å². The second-order valence-electron chi connectivity index (χ2n) is 7.50. The SMILES string of the molecule is CC(C)[C@H](N=[P+]([O-])Cc1cccs1)C(=O)NCCCc1ccc(-c2ccoc2)cc1. The van der Waals surface area contributed by atoms with Crippen molar-refractivity contribution in [3.05, 3.63) is 70.8 Å². The predicted molar refractivity (Wildman–Crippen MR) is 121 cm³/mol. The van der Waals surface area contributed by atoms with Gasteiger partial charge in [-0.05, 0) is 47.4 Å². The molecular formula is C23H27N2O3PS.